The minimum absolute atomic E-state index is 0.00210. The van der Waals surface area contributed by atoms with Crippen molar-refractivity contribution in [1.82, 2.24) is 4.98 Å². The fourth-order valence-electron chi connectivity index (χ4n) is 3.37. The first-order valence-corrected chi connectivity index (χ1v) is 11.0. The van der Waals surface area contributed by atoms with E-state index in [1.54, 1.807) is 4.90 Å². The van der Waals surface area contributed by atoms with Crippen molar-refractivity contribution in [2.24, 2.45) is 0 Å². The molecule has 4 aromatic rings. The molecule has 1 heterocycles. The van der Waals surface area contributed by atoms with Crippen LogP contribution in [0.4, 0.5) is 10.8 Å². The summed E-state index contributed by atoms with van der Waals surface area (Å²) in [6.45, 7) is 2.03. The Hall–Kier alpha value is -3.51. The lowest BCUT2D eigenvalue weighted by atomic mass is 10.1. The predicted octanol–water partition coefficient (Wildman–Crippen LogP) is 5.07. The number of carbonyl (C=O) groups excluding carboxylic acids is 2. The maximum absolute atomic E-state index is 13.3. The number of amides is 2. The fraction of sp³-hybridized carbons (Fsp3) is 0.160. The smallest absolute Gasteiger partial charge is 0.233 e. The number of anilines is 2. The van der Waals surface area contributed by atoms with Gasteiger partial charge < -0.3 is 5.32 Å². The van der Waals surface area contributed by atoms with Gasteiger partial charge in [0.05, 0.1) is 16.6 Å². The predicted molar refractivity (Wildman–Crippen MR) is 127 cm³/mol. The quantitative estimate of drug-likeness (QED) is 0.446. The van der Waals surface area contributed by atoms with Crippen molar-refractivity contribution in [2.45, 2.75) is 19.8 Å². The van der Waals surface area contributed by atoms with E-state index in [1.807, 2.05) is 66.7 Å². The van der Waals surface area contributed by atoms with Gasteiger partial charge >= 0.3 is 0 Å². The maximum Gasteiger partial charge on any atom is 0.233 e. The van der Waals surface area contributed by atoms with E-state index in [0.29, 0.717) is 6.54 Å². The molecule has 156 valence electrons. The summed E-state index contributed by atoms with van der Waals surface area (Å²) in [6.07, 6.45) is 1.02. The first-order chi connectivity index (χ1) is 15.1. The van der Waals surface area contributed by atoms with Crippen molar-refractivity contribution in [1.29, 1.82) is 0 Å². The van der Waals surface area contributed by atoms with Crippen LogP contribution < -0.4 is 10.2 Å². The number of hydrogen-bond donors (Lipinski definition) is 1. The van der Waals surface area contributed by atoms with Crippen molar-refractivity contribution in [3.8, 4) is 0 Å². The Morgan fingerprint density at radius 1 is 0.903 bits per heavy atom. The van der Waals surface area contributed by atoms with Gasteiger partial charge in [-0.1, -0.05) is 65.9 Å². The minimum Gasteiger partial charge on any atom is -0.326 e. The highest BCUT2D eigenvalue weighted by Gasteiger charge is 2.20. The molecule has 1 N–H and O–H groups in total. The van der Waals surface area contributed by atoms with Crippen LogP contribution >= 0.6 is 11.3 Å². The van der Waals surface area contributed by atoms with E-state index in [4.69, 9.17) is 4.98 Å². The van der Waals surface area contributed by atoms with Gasteiger partial charge in [0.15, 0.2) is 5.13 Å². The van der Waals surface area contributed by atoms with Gasteiger partial charge in [-0.25, -0.2) is 4.98 Å². The number of hydrogen-bond acceptors (Lipinski definition) is 4. The van der Waals surface area contributed by atoms with Crippen LogP contribution in [-0.4, -0.2) is 23.3 Å². The second-order valence-electron chi connectivity index (χ2n) is 7.30. The maximum atomic E-state index is 13.3. The Morgan fingerprint density at radius 2 is 1.61 bits per heavy atom. The van der Waals surface area contributed by atoms with E-state index in [-0.39, 0.29) is 18.2 Å². The van der Waals surface area contributed by atoms with Crippen molar-refractivity contribution < 1.29 is 9.59 Å². The molecule has 0 bridgehead atoms. The van der Waals surface area contributed by atoms with E-state index < -0.39 is 0 Å². The Labute approximate surface area is 185 Å². The third-order valence-electron chi connectivity index (χ3n) is 4.91. The zero-order chi connectivity index (χ0) is 21.6. The zero-order valence-corrected chi connectivity index (χ0v) is 18.1. The third kappa shape index (κ3) is 5.35. The fourth-order valence-corrected chi connectivity index (χ4v) is 4.38. The van der Waals surface area contributed by atoms with Crippen molar-refractivity contribution >= 4 is 44.2 Å². The molecule has 0 aliphatic carbocycles. The van der Waals surface area contributed by atoms with Crippen LogP contribution in [0.25, 0.3) is 10.2 Å². The van der Waals surface area contributed by atoms with Gasteiger partial charge in [0.2, 0.25) is 11.8 Å². The molecule has 0 atom stereocenters. The number of carbonyl (C=O) groups is 2. The Balaban J connectivity index is 1.55. The molecule has 0 unspecified atom stereocenters. The molecule has 3 aromatic carbocycles. The summed E-state index contributed by atoms with van der Waals surface area (Å²) >= 11 is 1.54. The van der Waals surface area contributed by atoms with Gasteiger partial charge in [0, 0.05) is 19.2 Å². The number of aromatic nitrogens is 1. The van der Waals surface area contributed by atoms with Gasteiger partial charge in [-0.15, -0.1) is 0 Å². The van der Waals surface area contributed by atoms with Crippen LogP contribution in [0.2, 0.25) is 0 Å². The lowest BCUT2D eigenvalue weighted by molar-refractivity contribution is -0.118. The Bertz CT molecular complexity index is 1150. The zero-order valence-electron chi connectivity index (χ0n) is 17.2. The van der Waals surface area contributed by atoms with Crippen LogP contribution in [0.3, 0.4) is 0 Å². The summed E-state index contributed by atoms with van der Waals surface area (Å²) in [5.74, 6) is -0.117. The van der Waals surface area contributed by atoms with Crippen molar-refractivity contribution in [3.63, 3.8) is 0 Å². The summed E-state index contributed by atoms with van der Waals surface area (Å²) in [5, 5.41) is 3.46. The molecule has 5 nitrogen and oxygen atoms in total. The van der Waals surface area contributed by atoms with Crippen LogP contribution in [0, 0.1) is 0 Å². The van der Waals surface area contributed by atoms with Crippen molar-refractivity contribution in [3.05, 3.63) is 90.0 Å². The van der Waals surface area contributed by atoms with Gasteiger partial charge in [0.25, 0.3) is 0 Å². The van der Waals surface area contributed by atoms with Crippen LogP contribution in [0.5, 0.6) is 0 Å². The number of para-hydroxylation sites is 1. The Kier molecular flexibility index (Phi) is 6.38. The molecule has 0 aliphatic heterocycles. The summed E-state index contributed by atoms with van der Waals surface area (Å²) in [7, 11) is 0. The first kappa shape index (κ1) is 20.8. The largest absolute Gasteiger partial charge is 0.326 e. The molecule has 4 rings (SSSR count). The number of rotatable bonds is 7. The highest BCUT2D eigenvalue weighted by molar-refractivity contribution is 7.22. The summed E-state index contributed by atoms with van der Waals surface area (Å²) in [5.41, 5.74) is 3.70. The molecule has 0 radical (unpaired) electrons. The molecule has 1 aromatic heterocycles. The van der Waals surface area contributed by atoms with Crippen LogP contribution in [0.1, 0.15) is 18.1 Å². The summed E-state index contributed by atoms with van der Waals surface area (Å²) < 4.78 is 1.06. The van der Waals surface area contributed by atoms with Gasteiger partial charge in [-0.3, -0.25) is 14.5 Å². The standard InChI is InChI=1S/C25H23N3O2S/c1-18(29)26-21-13-11-20(12-14-21)17-24(30)28(16-15-19-7-3-2-4-8-19)25-27-22-9-5-6-10-23(22)31-25/h2-14H,15-17H2,1H3,(H,26,29). The highest BCUT2D eigenvalue weighted by Crippen LogP contribution is 2.29. The molecule has 6 heteroatoms. The second kappa shape index (κ2) is 9.53. The average molecular weight is 430 g/mol. The molecular weight excluding hydrogens is 406 g/mol. The minimum atomic E-state index is -0.119. The van der Waals surface area contributed by atoms with E-state index in [1.165, 1.54) is 23.8 Å². The van der Waals surface area contributed by atoms with Crippen LogP contribution in [0.15, 0.2) is 78.9 Å². The number of nitrogens with zero attached hydrogens (tertiary/aromatic N) is 2. The van der Waals surface area contributed by atoms with Gasteiger partial charge in [-0.05, 0) is 41.8 Å². The monoisotopic (exact) mass is 429 g/mol. The first-order valence-electron chi connectivity index (χ1n) is 10.1. The molecular formula is C25H23N3O2S. The summed E-state index contributed by atoms with van der Waals surface area (Å²) in [4.78, 5) is 31.0. The van der Waals surface area contributed by atoms with E-state index >= 15 is 0 Å². The average Bonchev–Trinajstić information content (AvgIpc) is 3.19. The number of nitrogens with one attached hydrogen (secondary N) is 1. The third-order valence-corrected chi connectivity index (χ3v) is 5.97. The molecule has 0 aliphatic rings. The molecule has 0 fully saturated rings. The number of fused-ring (bicyclic) bond motifs is 1. The van der Waals surface area contributed by atoms with Crippen LogP contribution in [-0.2, 0) is 22.4 Å². The van der Waals surface area contributed by atoms with Crippen molar-refractivity contribution in [2.75, 3.05) is 16.8 Å². The lowest BCUT2D eigenvalue weighted by Crippen LogP contribution is -2.34. The molecule has 2 amide bonds. The number of thiazole rings is 1. The molecule has 0 saturated heterocycles. The topological polar surface area (TPSA) is 62.3 Å². The second-order valence-corrected chi connectivity index (χ2v) is 8.31. The summed E-state index contributed by atoms with van der Waals surface area (Å²) in [6, 6.07) is 25.5. The van der Waals surface area contributed by atoms with Gasteiger partial charge in [0.1, 0.15) is 0 Å². The molecule has 0 saturated carbocycles. The molecule has 0 spiro atoms. The van der Waals surface area contributed by atoms with E-state index in [2.05, 4.69) is 17.4 Å². The van der Waals surface area contributed by atoms with Gasteiger partial charge in [-0.2, -0.15) is 0 Å². The highest BCUT2D eigenvalue weighted by atomic mass is 32.1. The SMILES string of the molecule is CC(=O)Nc1ccc(CC(=O)N(CCc2ccccc2)c2nc3ccccc3s2)cc1. The van der Waals surface area contributed by atoms with E-state index in [0.717, 1.165) is 33.0 Å². The van der Waals surface area contributed by atoms with E-state index in [9.17, 15) is 9.59 Å². The lowest BCUT2D eigenvalue weighted by Gasteiger charge is -2.20. The normalized spacial score (nSPS) is 10.7. The number of benzene rings is 3. The Morgan fingerprint density at radius 3 is 2.32 bits per heavy atom. The molecule has 31 heavy (non-hydrogen) atoms.